The molecular formula is C16H34N2O. The van der Waals surface area contributed by atoms with E-state index >= 15 is 0 Å². The zero-order valence-corrected chi connectivity index (χ0v) is 13.6. The number of ether oxygens (including phenoxy) is 1. The van der Waals surface area contributed by atoms with E-state index in [1.165, 1.54) is 0 Å². The molecule has 0 spiro atoms. The van der Waals surface area contributed by atoms with E-state index in [0.29, 0.717) is 17.9 Å². The lowest BCUT2D eigenvalue weighted by Gasteiger charge is -2.49. The molecule has 0 aliphatic carbocycles. The maximum absolute atomic E-state index is 6.21. The Morgan fingerprint density at radius 2 is 1.79 bits per heavy atom. The highest BCUT2D eigenvalue weighted by Crippen LogP contribution is 2.32. The van der Waals surface area contributed by atoms with Gasteiger partial charge in [0, 0.05) is 31.8 Å². The Morgan fingerprint density at radius 1 is 1.21 bits per heavy atom. The average molecular weight is 270 g/mol. The largest absolute Gasteiger partial charge is 0.378 e. The lowest BCUT2D eigenvalue weighted by molar-refractivity contribution is -0.0776. The maximum Gasteiger partial charge on any atom is 0.0590 e. The highest BCUT2D eigenvalue weighted by molar-refractivity contribution is 4.96. The van der Waals surface area contributed by atoms with Crippen molar-refractivity contribution in [2.24, 2.45) is 17.6 Å². The van der Waals surface area contributed by atoms with Gasteiger partial charge in [-0.2, -0.15) is 0 Å². The predicted octanol–water partition coefficient (Wildman–Crippen LogP) is 2.89. The third-order valence-electron chi connectivity index (χ3n) is 4.21. The SMILES string of the molecule is CCC1CC(CN)(N(CC(C)C)CC(C)C)CCO1. The molecule has 2 unspecified atom stereocenters. The second kappa shape index (κ2) is 7.61. The Morgan fingerprint density at radius 3 is 2.21 bits per heavy atom. The van der Waals surface area contributed by atoms with Crippen molar-refractivity contribution in [1.82, 2.24) is 4.90 Å². The summed E-state index contributed by atoms with van der Waals surface area (Å²) in [4.78, 5) is 2.66. The highest BCUT2D eigenvalue weighted by Gasteiger charge is 2.40. The van der Waals surface area contributed by atoms with E-state index in [-0.39, 0.29) is 5.54 Å². The summed E-state index contributed by atoms with van der Waals surface area (Å²) in [5, 5.41) is 0. The van der Waals surface area contributed by atoms with E-state index in [4.69, 9.17) is 10.5 Å². The van der Waals surface area contributed by atoms with Crippen LogP contribution >= 0.6 is 0 Å². The summed E-state index contributed by atoms with van der Waals surface area (Å²) in [6, 6.07) is 0. The fraction of sp³-hybridized carbons (Fsp3) is 1.00. The summed E-state index contributed by atoms with van der Waals surface area (Å²) < 4.78 is 5.86. The molecule has 0 saturated carbocycles. The van der Waals surface area contributed by atoms with Crippen LogP contribution in [0.2, 0.25) is 0 Å². The predicted molar refractivity (Wildman–Crippen MR) is 82.3 cm³/mol. The molecule has 0 bridgehead atoms. The highest BCUT2D eigenvalue weighted by atomic mass is 16.5. The second-order valence-electron chi connectivity index (χ2n) is 6.98. The van der Waals surface area contributed by atoms with Gasteiger partial charge in [-0.3, -0.25) is 4.90 Å². The van der Waals surface area contributed by atoms with Gasteiger partial charge in [0.1, 0.15) is 0 Å². The minimum Gasteiger partial charge on any atom is -0.378 e. The number of hydrogen-bond donors (Lipinski definition) is 1. The normalized spacial score (nSPS) is 28.6. The van der Waals surface area contributed by atoms with Gasteiger partial charge in [-0.1, -0.05) is 34.6 Å². The first-order valence-corrected chi connectivity index (χ1v) is 8.00. The molecule has 114 valence electrons. The van der Waals surface area contributed by atoms with Crippen molar-refractivity contribution in [2.45, 2.75) is 65.5 Å². The van der Waals surface area contributed by atoms with Gasteiger partial charge in [0.05, 0.1) is 6.10 Å². The summed E-state index contributed by atoms with van der Waals surface area (Å²) >= 11 is 0. The minimum atomic E-state index is 0.160. The monoisotopic (exact) mass is 270 g/mol. The van der Waals surface area contributed by atoms with Crippen molar-refractivity contribution in [3.8, 4) is 0 Å². The first kappa shape index (κ1) is 16.9. The number of nitrogens with two attached hydrogens (primary N) is 1. The summed E-state index contributed by atoms with van der Waals surface area (Å²) in [6.45, 7) is 15.3. The molecule has 3 heteroatoms. The van der Waals surface area contributed by atoms with Crippen LogP contribution in [0.5, 0.6) is 0 Å². The van der Waals surface area contributed by atoms with Crippen LogP contribution in [0.3, 0.4) is 0 Å². The van der Waals surface area contributed by atoms with Gasteiger partial charge in [-0.25, -0.2) is 0 Å². The van der Waals surface area contributed by atoms with Gasteiger partial charge in [0.2, 0.25) is 0 Å². The Labute approximate surface area is 119 Å². The van der Waals surface area contributed by atoms with E-state index in [2.05, 4.69) is 39.5 Å². The van der Waals surface area contributed by atoms with Gasteiger partial charge < -0.3 is 10.5 Å². The van der Waals surface area contributed by atoms with Crippen LogP contribution < -0.4 is 5.73 Å². The molecule has 1 heterocycles. The quantitative estimate of drug-likeness (QED) is 0.773. The van der Waals surface area contributed by atoms with Crippen LogP contribution in [0, 0.1) is 11.8 Å². The molecular weight excluding hydrogens is 236 g/mol. The summed E-state index contributed by atoms with van der Waals surface area (Å²) in [5.74, 6) is 1.37. The van der Waals surface area contributed by atoms with Gasteiger partial charge in [-0.05, 0) is 31.1 Å². The van der Waals surface area contributed by atoms with Crippen LogP contribution in [-0.4, -0.2) is 42.8 Å². The van der Waals surface area contributed by atoms with Crippen molar-refractivity contribution < 1.29 is 4.74 Å². The Balaban J connectivity index is 2.85. The molecule has 2 N–H and O–H groups in total. The first-order valence-electron chi connectivity index (χ1n) is 8.00. The van der Waals surface area contributed by atoms with Crippen LogP contribution in [0.1, 0.15) is 53.9 Å². The third kappa shape index (κ3) is 4.73. The molecule has 1 aliphatic rings. The van der Waals surface area contributed by atoms with Crippen molar-refractivity contribution in [1.29, 1.82) is 0 Å². The van der Waals surface area contributed by atoms with E-state index in [1.807, 2.05) is 0 Å². The minimum absolute atomic E-state index is 0.160. The fourth-order valence-electron chi connectivity index (χ4n) is 3.21. The number of rotatable bonds is 7. The molecule has 1 saturated heterocycles. The van der Waals surface area contributed by atoms with E-state index in [1.54, 1.807) is 0 Å². The lowest BCUT2D eigenvalue weighted by atomic mass is 9.83. The Hall–Kier alpha value is -0.120. The first-order chi connectivity index (χ1) is 8.93. The Bertz CT molecular complexity index is 245. The Kier molecular flexibility index (Phi) is 6.78. The average Bonchev–Trinajstić information content (AvgIpc) is 2.36. The van der Waals surface area contributed by atoms with Crippen molar-refractivity contribution >= 4 is 0 Å². The molecule has 1 fully saturated rings. The second-order valence-corrected chi connectivity index (χ2v) is 6.98. The summed E-state index contributed by atoms with van der Waals surface area (Å²) in [5.41, 5.74) is 6.37. The molecule has 1 rings (SSSR count). The molecule has 2 atom stereocenters. The topological polar surface area (TPSA) is 38.5 Å². The van der Waals surface area contributed by atoms with Gasteiger partial charge >= 0.3 is 0 Å². The van der Waals surface area contributed by atoms with Crippen LogP contribution in [0.4, 0.5) is 0 Å². The molecule has 0 aromatic rings. The number of nitrogens with zero attached hydrogens (tertiary/aromatic N) is 1. The molecule has 0 aromatic carbocycles. The molecule has 3 nitrogen and oxygen atoms in total. The zero-order valence-electron chi connectivity index (χ0n) is 13.6. The van der Waals surface area contributed by atoms with Gasteiger partial charge in [-0.15, -0.1) is 0 Å². The summed E-state index contributed by atoms with van der Waals surface area (Å²) in [6.07, 6.45) is 3.66. The number of hydrogen-bond acceptors (Lipinski definition) is 3. The molecule has 1 aliphatic heterocycles. The van der Waals surface area contributed by atoms with E-state index < -0.39 is 0 Å². The smallest absolute Gasteiger partial charge is 0.0590 e. The maximum atomic E-state index is 6.21. The zero-order chi connectivity index (χ0) is 14.5. The van der Waals surface area contributed by atoms with Crippen molar-refractivity contribution in [2.75, 3.05) is 26.2 Å². The van der Waals surface area contributed by atoms with Crippen LogP contribution in [-0.2, 0) is 4.74 Å². The standard InChI is InChI=1S/C16H34N2O/c1-6-15-9-16(12-17,7-8-19-15)18(10-13(2)3)11-14(4)5/h13-15H,6-12,17H2,1-5H3. The molecule has 19 heavy (non-hydrogen) atoms. The molecule has 0 aromatic heterocycles. The van der Waals surface area contributed by atoms with Gasteiger partial charge in [0.15, 0.2) is 0 Å². The van der Waals surface area contributed by atoms with Crippen LogP contribution in [0.15, 0.2) is 0 Å². The fourth-order valence-corrected chi connectivity index (χ4v) is 3.21. The van der Waals surface area contributed by atoms with E-state index in [0.717, 1.165) is 45.5 Å². The summed E-state index contributed by atoms with van der Waals surface area (Å²) in [7, 11) is 0. The van der Waals surface area contributed by atoms with Crippen molar-refractivity contribution in [3.05, 3.63) is 0 Å². The van der Waals surface area contributed by atoms with E-state index in [9.17, 15) is 0 Å². The van der Waals surface area contributed by atoms with Crippen molar-refractivity contribution in [3.63, 3.8) is 0 Å². The lowest BCUT2D eigenvalue weighted by Crippen LogP contribution is -2.60. The van der Waals surface area contributed by atoms with Gasteiger partial charge in [0.25, 0.3) is 0 Å². The van der Waals surface area contributed by atoms with Crippen LogP contribution in [0.25, 0.3) is 0 Å². The third-order valence-corrected chi connectivity index (χ3v) is 4.21. The molecule has 0 amide bonds. The molecule has 0 radical (unpaired) electrons.